The molecule has 0 unspecified atom stereocenters. The van der Waals surface area contributed by atoms with Gasteiger partial charge in [-0.05, 0) is 37.1 Å². The lowest BCUT2D eigenvalue weighted by molar-refractivity contribution is -0.135. The molecule has 128 valence electrons. The zero-order valence-corrected chi connectivity index (χ0v) is 13.8. The van der Waals surface area contributed by atoms with E-state index in [1.165, 1.54) is 0 Å². The highest BCUT2D eigenvalue weighted by molar-refractivity contribution is 6.15. The molecular formula is C21H15NO4. The molecule has 5 rings (SSSR count). The van der Waals surface area contributed by atoms with Crippen LogP contribution in [0.2, 0.25) is 0 Å². The van der Waals surface area contributed by atoms with Crippen molar-refractivity contribution in [3.05, 3.63) is 65.5 Å². The number of hydrogen-bond donors (Lipinski definition) is 1. The molecule has 0 bridgehead atoms. The number of esters is 1. The summed E-state index contributed by atoms with van der Waals surface area (Å²) in [7, 11) is 0. The van der Waals surface area contributed by atoms with Gasteiger partial charge in [-0.15, -0.1) is 0 Å². The summed E-state index contributed by atoms with van der Waals surface area (Å²) in [6.45, 7) is 0. The van der Waals surface area contributed by atoms with Gasteiger partial charge in [-0.1, -0.05) is 18.2 Å². The van der Waals surface area contributed by atoms with E-state index in [1.54, 1.807) is 24.3 Å². The highest BCUT2D eigenvalue weighted by atomic mass is 16.5. The smallest absolute Gasteiger partial charge is 0.314 e. The van der Waals surface area contributed by atoms with Crippen molar-refractivity contribution in [3.63, 3.8) is 0 Å². The van der Waals surface area contributed by atoms with Crippen molar-refractivity contribution in [1.82, 2.24) is 4.98 Å². The van der Waals surface area contributed by atoms with Crippen LogP contribution in [-0.2, 0) is 4.79 Å². The first-order valence-corrected chi connectivity index (χ1v) is 8.55. The topological polar surface area (TPSA) is 68.4 Å². The van der Waals surface area contributed by atoms with Gasteiger partial charge in [0, 0.05) is 28.7 Å². The quantitative estimate of drug-likeness (QED) is 0.441. The van der Waals surface area contributed by atoms with E-state index in [9.17, 15) is 9.59 Å². The van der Waals surface area contributed by atoms with Crippen molar-refractivity contribution in [3.8, 4) is 11.5 Å². The van der Waals surface area contributed by atoms with Crippen molar-refractivity contribution >= 4 is 28.7 Å². The Morgan fingerprint density at radius 3 is 2.88 bits per heavy atom. The number of carbonyl (C=O) groups is 2. The Hall–Kier alpha value is -3.34. The molecule has 1 aliphatic carbocycles. The third-order valence-electron chi connectivity index (χ3n) is 4.68. The minimum absolute atomic E-state index is 0.0168. The number of carbonyl (C=O) groups excluding carboxylic acids is 2. The zero-order valence-electron chi connectivity index (χ0n) is 13.8. The Kier molecular flexibility index (Phi) is 3.22. The molecule has 0 saturated heterocycles. The fourth-order valence-electron chi connectivity index (χ4n) is 3.10. The third kappa shape index (κ3) is 2.49. The van der Waals surface area contributed by atoms with Crippen molar-refractivity contribution in [2.75, 3.05) is 0 Å². The molecule has 2 aliphatic rings. The fraction of sp³-hybridized carbons (Fsp3) is 0.143. The van der Waals surface area contributed by atoms with Crippen LogP contribution in [-0.4, -0.2) is 16.7 Å². The molecule has 0 atom stereocenters. The lowest BCUT2D eigenvalue weighted by atomic mass is 10.1. The van der Waals surface area contributed by atoms with Crippen molar-refractivity contribution in [2.45, 2.75) is 12.8 Å². The van der Waals surface area contributed by atoms with Gasteiger partial charge < -0.3 is 14.5 Å². The normalized spacial score (nSPS) is 17.4. The molecule has 0 spiro atoms. The predicted molar refractivity (Wildman–Crippen MR) is 96.0 cm³/mol. The van der Waals surface area contributed by atoms with Gasteiger partial charge in [0.05, 0.1) is 11.5 Å². The molecule has 5 heteroatoms. The average molecular weight is 345 g/mol. The first-order chi connectivity index (χ1) is 12.7. The van der Waals surface area contributed by atoms with Crippen LogP contribution in [0, 0.1) is 5.92 Å². The number of fused-ring (bicyclic) bond motifs is 2. The summed E-state index contributed by atoms with van der Waals surface area (Å²) in [6, 6.07) is 12.7. The molecule has 2 aromatic carbocycles. The van der Waals surface area contributed by atoms with Crippen molar-refractivity contribution in [1.29, 1.82) is 0 Å². The second kappa shape index (κ2) is 5.59. The summed E-state index contributed by atoms with van der Waals surface area (Å²) in [5.74, 6) is 0.705. The summed E-state index contributed by atoms with van der Waals surface area (Å²) < 4.78 is 11.1. The summed E-state index contributed by atoms with van der Waals surface area (Å²) in [5.41, 5.74) is 2.36. The Morgan fingerprint density at radius 1 is 1.19 bits per heavy atom. The summed E-state index contributed by atoms with van der Waals surface area (Å²) in [6.07, 6.45) is 5.35. The number of ether oxygens (including phenoxy) is 2. The molecule has 3 aromatic rings. The Morgan fingerprint density at radius 2 is 2.04 bits per heavy atom. The zero-order chi connectivity index (χ0) is 17.7. The van der Waals surface area contributed by atoms with E-state index in [-0.39, 0.29) is 23.4 Å². The predicted octanol–water partition coefficient (Wildman–Crippen LogP) is 4.10. The van der Waals surface area contributed by atoms with Crippen LogP contribution in [0.4, 0.5) is 0 Å². The molecule has 1 fully saturated rings. The first kappa shape index (κ1) is 15.0. The number of benzene rings is 2. The number of Topliss-reactive ketones (excluding diaryl/α,β-unsaturated/α-hetero) is 1. The number of aromatic amines is 1. The van der Waals surface area contributed by atoms with E-state index in [4.69, 9.17) is 9.47 Å². The number of rotatable bonds is 3. The van der Waals surface area contributed by atoms with Crippen molar-refractivity contribution in [2.24, 2.45) is 5.92 Å². The lowest BCUT2D eigenvalue weighted by Gasteiger charge is -2.04. The van der Waals surface area contributed by atoms with E-state index in [1.807, 2.05) is 30.5 Å². The van der Waals surface area contributed by atoms with Gasteiger partial charge in [0.25, 0.3) is 0 Å². The molecule has 1 aliphatic heterocycles. The summed E-state index contributed by atoms with van der Waals surface area (Å²) >= 11 is 0. The molecule has 0 amide bonds. The van der Waals surface area contributed by atoms with Crippen molar-refractivity contribution < 1.29 is 19.1 Å². The standard InChI is InChI=1S/C21H15NO4/c23-20-16-8-7-14(25-21(24)12-5-6-12)10-18(16)26-19(20)9-13-11-22-17-4-2-1-3-15(13)17/h1-4,7-12,22H,5-6H2. The maximum atomic E-state index is 12.6. The van der Waals surface area contributed by atoms with E-state index in [0.29, 0.717) is 17.1 Å². The highest BCUT2D eigenvalue weighted by Crippen LogP contribution is 2.37. The van der Waals surface area contributed by atoms with E-state index < -0.39 is 0 Å². The van der Waals surface area contributed by atoms with Crippen LogP contribution in [0.15, 0.2) is 54.4 Å². The molecule has 0 radical (unpaired) electrons. The van der Waals surface area contributed by atoms with Crippen LogP contribution >= 0.6 is 0 Å². The number of ketones is 1. The summed E-state index contributed by atoms with van der Waals surface area (Å²) in [5, 5.41) is 1.02. The van der Waals surface area contributed by atoms with Gasteiger partial charge in [-0.3, -0.25) is 9.59 Å². The molecule has 1 saturated carbocycles. The summed E-state index contributed by atoms with van der Waals surface area (Å²) in [4.78, 5) is 27.6. The van der Waals surface area contributed by atoms with Gasteiger partial charge >= 0.3 is 5.97 Å². The van der Waals surface area contributed by atoms with Gasteiger partial charge in [0.1, 0.15) is 11.5 Å². The molecular weight excluding hydrogens is 330 g/mol. The van der Waals surface area contributed by atoms with E-state index in [0.717, 1.165) is 29.3 Å². The number of nitrogens with one attached hydrogen (secondary N) is 1. The van der Waals surface area contributed by atoms with E-state index >= 15 is 0 Å². The number of allylic oxidation sites excluding steroid dienone is 1. The second-order valence-corrected chi connectivity index (χ2v) is 6.58. The minimum Gasteiger partial charge on any atom is -0.452 e. The number of para-hydroxylation sites is 1. The van der Waals surface area contributed by atoms with Gasteiger partial charge in [0.15, 0.2) is 5.76 Å². The highest BCUT2D eigenvalue weighted by Gasteiger charge is 2.33. The third-order valence-corrected chi connectivity index (χ3v) is 4.68. The van der Waals surface area contributed by atoms with Crippen LogP contribution in [0.3, 0.4) is 0 Å². The number of hydrogen-bond acceptors (Lipinski definition) is 4. The largest absolute Gasteiger partial charge is 0.452 e. The molecule has 26 heavy (non-hydrogen) atoms. The maximum absolute atomic E-state index is 12.6. The fourth-order valence-corrected chi connectivity index (χ4v) is 3.10. The number of H-pyrrole nitrogens is 1. The second-order valence-electron chi connectivity index (χ2n) is 6.58. The SMILES string of the molecule is O=C1C(=Cc2c[nH]c3ccccc23)Oc2cc(OC(=O)C3CC3)ccc21. The van der Waals surface area contributed by atoms with Gasteiger partial charge in [-0.25, -0.2) is 0 Å². The first-order valence-electron chi connectivity index (χ1n) is 8.55. The Balaban J connectivity index is 1.45. The monoisotopic (exact) mass is 345 g/mol. The molecule has 5 nitrogen and oxygen atoms in total. The van der Waals surface area contributed by atoms with Crippen LogP contribution in [0.5, 0.6) is 11.5 Å². The van der Waals surface area contributed by atoms with Gasteiger partial charge in [-0.2, -0.15) is 0 Å². The minimum atomic E-state index is -0.219. The van der Waals surface area contributed by atoms with Crippen LogP contribution < -0.4 is 9.47 Å². The number of aromatic nitrogens is 1. The molecule has 1 aromatic heterocycles. The van der Waals surface area contributed by atoms with Crippen LogP contribution in [0.25, 0.3) is 17.0 Å². The van der Waals surface area contributed by atoms with Crippen LogP contribution in [0.1, 0.15) is 28.8 Å². The molecule has 2 heterocycles. The Labute approximate surface area is 149 Å². The lowest BCUT2D eigenvalue weighted by Crippen LogP contribution is -2.09. The molecule has 1 N–H and O–H groups in total. The average Bonchev–Trinajstić information content (AvgIpc) is 3.37. The Bertz CT molecular complexity index is 1090. The van der Waals surface area contributed by atoms with Gasteiger partial charge in [0.2, 0.25) is 5.78 Å². The van der Waals surface area contributed by atoms with E-state index in [2.05, 4.69) is 4.98 Å². The maximum Gasteiger partial charge on any atom is 0.314 e.